The minimum absolute atomic E-state index is 0.00205. The number of hydrogen-bond acceptors (Lipinski definition) is 4. The second-order valence-electron chi connectivity index (χ2n) is 4.99. The Morgan fingerprint density at radius 1 is 1.12 bits per heavy atom. The predicted octanol–water partition coefficient (Wildman–Crippen LogP) is 4.30. The molecule has 1 amide bonds. The average Bonchev–Trinajstić information content (AvgIpc) is 2.56. The highest BCUT2D eigenvalue weighted by molar-refractivity contribution is 9.10. The first kappa shape index (κ1) is 19.4. The summed E-state index contributed by atoms with van der Waals surface area (Å²) in [7, 11) is 0. The van der Waals surface area contributed by atoms with Crippen LogP contribution in [0.15, 0.2) is 51.4 Å². The van der Waals surface area contributed by atoms with Crippen molar-refractivity contribution >= 4 is 49.4 Å². The van der Waals surface area contributed by atoms with E-state index in [-0.39, 0.29) is 12.3 Å². The van der Waals surface area contributed by atoms with Crippen molar-refractivity contribution < 1.29 is 23.5 Å². The Morgan fingerprint density at radius 3 is 2.40 bits per heavy atom. The van der Waals surface area contributed by atoms with Crippen molar-refractivity contribution in [3.8, 4) is 5.75 Å². The van der Waals surface area contributed by atoms with Crippen molar-refractivity contribution in [1.29, 1.82) is 0 Å². The number of nitrogens with one attached hydrogen (secondary N) is 1. The third-order valence-electron chi connectivity index (χ3n) is 3.04. The molecule has 0 spiro atoms. The zero-order valence-corrected chi connectivity index (χ0v) is 16.3. The van der Waals surface area contributed by atoms with E-state index >= 15 is 0 Å². The van der Waals surface area contributed by atoms with Gasteiger partial charge in [0.2, 0.25) is 0 Å². The van der Waals surface area contributed by atoms with Crippen molar-refractivity contribution in [2.75, 3.05) is 11.9 Å². The fourth-order valence-electron chi connectivity index (χ4n) is 1.78. The Morgan fingerprint density at radius 2 is 1.76 bits per heavy atom. The van der Waals surface area contributed by atoms with Crippen LogP contribution >= 0.6 is 31.9 Å². The highest BCUT2D eigenvalue weighted by Crippen LogP contribution is 2.20. The Labute approximate surface area is 160 Å². The standard InChI is InChI=1S/C17H14Br2FNO4/c1-10(17(23)21-15-7-4-12(19)8-14(15)20)25-16(22)9-24-13-5-2-11(18)3-6-13/h2-8,10H,9H2,1H3,(H,21,23). The lowest BCUT2D eigenvalue weighted by molar-refractivity contribution is -0.155. The monoisotopic (exact) mass is 473 g/mol. The van der Waals surface area contributed by atoms with Crippen LogP contribution in [0, 0.1) is 5.82 Å². The van der Waals surface area contributed by atoms with Crippen molar-refractivity contribution in [2.24, 2.45) is 0 Å². The minimum Gasteiger partial charge on any atom is -0.482 e. The van der Waals surface area contributed by atoms with Crippen molar-refractivity contribution in [1.82, 2.24) is 0 Å². The zero-order chi connectivity index (χ0) is 18.4. The summed E-state index contributed by atoms with van der Waals surface area (Å²) in [6.07, 6.45) is -1.09. The maximum Gasteiger partial charge on any atom is 0.344 e. The van der Waals surface area contributed by atoms with Crippen LogP contribution in [-0.2, 0) is 14.3 Å². The highest BCUT2D eigenvalue weighted by Gasteiger charge is 2.19. The Balaban J connectivity index is 1.83. The SMILES string of the molecule is CC(OC(=O)COc1ccc(Br)cc1)C(=O)Nc1ccc(Br)cc1F. The van der Waals surface area contributed by atoms with Gasteiger partial charge in [0.05, 0.1) is 5.69 Å². The fraction of sp³-hybridized carbons (Fsp3) is 0.176. The summed E-state index contributed by atoms with van der Waals surface area (Å²) in [5.41, 5.74) is 0.00205. The predicted molar refractivity (Wildman–Crippen MR) is 97.9 cm³/mol. The second kappa shape index (κ2) is 8.96. The van der Waals surface area contributed by atoms with E-state index in [1.807, 2.05) is 0 Å². The molecule has 2 rings (SSSR count). The first-order chi connectivity index (χ1) is 11.8. The number of benzene rings is 2. The summed E-state index contributed by atoms with van der Waals surface area (Å²) >= 11 is 6.42. The van der Waals surface area contributed by atoms with Crippen LogP contribution < -0.4 is 10.1 Å². The zero-order valence-electron chi connectivity index (χ0n) is 13.1. The molecular weight excluding hydrogens is 461 g/mol. The van der Waals surface area contributed by atoms with Gasteiger partial charge in [-0.15, -0.1) is 0 Å². The van der Waals surface area contributed by atoms with Gasteiger partial charge in [-0.1, -0.05) is 31.9 Å². The molecular formula is C17H14Br2FNO4. The number of amides is 1. The summed E-state index contributed by atoms with van der Waals surface area (Å²) in [4.78, 5) is 23.7. The number of ether oxygens (including phenoxy) is 2. The first-order valence-electron chi connectivity index (χ1n) is 7.19. The summed E-state index contributed by atoms with van der Waals surface area (Å²) < 4.78 is 25.4. The van der Waals surface area contributed by atoms with Crippen molar-refractivity contribution in [3.05, 3.63) is 57.2 Å². The molecule has 0 aromatic heterocycles. The van der Waals surface area contributed by atoms with Crippen LogP contribution in [0.1, 0.15) is 6.92 Å². The molecule has 2 aromatic rings. The van der Waals surface area contributed by atoms with E-state index in [0.717, 1.165) is 4.47 Å². The fourth-order valence-corrected chi connectivity index (χ4v) is 2.38. The smallest absolute Gasteiger partial charge is 0.344 e. The van der Waals surface area contributed by atoms with Gasteiger partial charge in [-0.05, 0) is 49.4 Å². The van der Waals surface area contributed by atoms with Crippen LogP contribution in [0.3, 0.4) is 0 Å². The number of rotatable bonds is 6. The minimum atomic E-state index is -1.09. The van der Waals surface area contributed by atoms with Crippen molar-refractivity contribution in [3.63, 3.8) is 0 Å². The van der Waals surface area contributed by atoms with E-state index in [4.69, 9.17) is 9.47 Å². The lowest BCUT2D eigenvalue weighted by Gasteiger charge is -2.14. The number of halogens is 3. The number of anilines is 1. The molecule has 0 fully saturated rings. The molecule has 0 aliphatic carbocycles. The third-order valence-corrected chi connectivity index (χ3v) is 4.06. The molecule has 0 heterocycles. The van der Waals surface area contributed by atoms with E-state index in [9.17, 15) is 14.0 Å². The Hall–Kier alpha value is -1.93. The summed E-state index contributed by atoms with van der Waals surface area (Å²) in [5.74, 6) is -1.45. The van der Waals surface area contributed by atoms with E-state index in [1.54, 1.807) is 30.3 Å². The van der Waals surface area contributed by atoms with Gasteiger partial charge in [-0.3, -0.25) is 4.79 Å². The normalized spacial score (nSPS) is 11.5. The Bertz CT molecular complexity index is 768. The van der Waals surface area contributed by atoms with E-state index < -0.39 is 23.8 Å². The average molecular weight is 475 g/mol. The summed E-state index contributed by atoms with van der Waals surface area (Å²) in [5, 5.41) is 2.36. The molecule has 0 bridgehead atoms. The highest BCUT2D eigenvalue weighted by atomic mass is 79.9. The van der Waals surface area contributed by atoms with Gasteiger partial charge in [-0.2, -0.15) is 0 Å². The van der Waals surface area contributed by atoms with Crippen molar-refractivity contribution in [2.45, 2.75) is 13.0 Å². The molecule has 0 aliphatic rings. The van der Waals surface area contributed by atoms with Gasteiger partial charge in [0, 0.05) is 8.95 Å². The van der Waals surface area contributed by atoms with Crippen LogP contribution in [0.25, 0.3) is 0 Å². The molecule has 0 saturated heterocycles. The van der Waals surface area contributed by atoms with Crippen LogP contribution in [-0.4, -0.2) is 24.6 Å². The number of carbonyl (C=O) groups is 2. The maximum absolute atomic E-state index is 13.7. The van der Waals surface area contributed by atoms with E-state index in [0.29, 0.717) is 10.2 Å². The quantitative estimate of drug-likeness (QED) is 0.634. The topological polar surface area (TPSA) is 64.6 Å². The molecule has 8 heteroatoms. The van der Waals surface area contributed by atoms with Gasteiger partial charge in [-0.25, -0.2) is 9.18 Å². The molecule has 5 nitrogen and oxygen atoms in total. The van der Waals surface area contributed by atoms with Gasteiger partial charge in [0.15, 0.2) is 12.7 Å². The Kier molecular flexibility index (Phi) is 6.95. The molecule has 25 heavy (non-hydrogen) atoms. The lowest BCUT2D eigenvalue weighted by Crippen LogP contribution is -2.31. The van der Waals surface area contributed by atoms with Gasteiger partial charge >= 0.3 is 5.97 Å². The largest absolute Gasteiger partial charge is 0.482 e. The first-order valence-corrected chi connectivity index (χ1v) is 8.77. The number of hydrogen-bond donors (Lipinski definition) is 1. The van der Waals surface area contributed by atoms with Gasteiger partial charge < -0.3 is 14.8 Å². The van der Waals surface area contributed by atoms with E-state index in [2.05, 4.69) is 37.2 Å². The maximum atomic E-state index is 13.7. The van der Waals surface area contributed by atoms with Crippen LogP contribution in [0.4, 0.5) is 10.1 Å². The third kappa shape index (κ3) is 6.13. The molecule has 0 saturated carbocycles. The lowest BCUT2D eigenvalue weighted by atomic mass is 10.3. The molecule has 0 aliphatic heterocycles. The van der Waals surface area contributed by atoms with E-state index in [1.165, 1.54) is 19.1 Å². The summed E-state index contributed by atoms with van der Waals surface area (Å²) in [6, 6.07) is 11.1. The number of esters is 1. The molecule has 1 atom stereocenters. The van der Waals surface area contributed by atoms with Crippen LogP contribution in [0.2, 0.25) is 0 Å². The molecule has 2 aromatic carbocycles. The van der Waals surface area contributed by atoms with Crippen LogP contribution in [0.5, 0.6) is 5.75 Å². The molecule has 1 N–H and O–H groups in total. The second-order valence-corrected chi connectivity index (χ2v) is 6.82. The summed E-state index contributed by atoms with van der Waals surface area (Å²) in [6.45, 7) is 1.05. The van der Waals surface area contributed by atoms with Gasteiger partial charge in [0.25, 0.3) is 5.91 Å². The molecule has 1 unspecified atom stereocenters. The van der Waals surface area contributed by atoms with Gasteiger partial charge in [0.1, 0.15) is 11.6 Å². The molecule has 132 valence electrons. The molecule has 0 radical (unpaired) electrons. The number of carbonyl (C=O) groups excluding carboxylic acids is 2.